The van der Waals surface area contributed by atoms with E-state index in [0.29, 0.717) is 27.9 Å². The summed E-state index contributed by atoms with van der Waals surface area (Å²) in [7, 11) is 0. The Labute approximate surface area is 104 Å². The number of benzene rings is 1. The number of hydrogen-bond acceptors (Lipinski definition) is 4. The van der Waals surface area contributed by atoms with Gasteiger partial charge >= 0.3 is 0 Å². The minimum atomic E-state index is -0.0892. The van der Waals surface area contributed by atoms with Crippen LogP contribution in [0.15, 0.2) is 30.6 Å². The Hall–Kier alpha value is -1.65. The summed E-state index contributed by atoms with van der Waals surface area (Å²) in [6.45, 7) is 1.69. The molecule has 0 atom stereocenters. The van der Waals surface area contributed by atoms with Crippen molar-refractivity contribution in [3.05, 3.63) is 46.9 Å². The third-order valence-corrected chi connectivity index (χ3v) is 2.71. The second kappa shape index (κ2) is 5.12. The van der Waals surface area contributed by atoms with E-state index in [4.69, 9.17) is 16.3 Å². The van der Waals surface area contributed by atoms with Crippen LogP contribution < -0.4 is 4.74 Å². The van der Waals surface area contributed by atoms with Gasteiger partial charge in [-0.3, -0.25) is 0 Å². The molecule has 1 heterocycles. The fourth-order valence-electron chi connectivity index (χ4n) is 1.35. The lowest BCUT2D eigenvalue weighted by atomic mass is 10.2. The van der Waals surface area contributed by atoms with Gasteiger partial charge in [0.15, 0.2) is 0 Å². The van der Waals surface area contributed by atoms with Crippen LogP contribution in [-0.2, 0) is 6.61 Å². The van der Waals surface area contributed by atoms with Gasteiger partial charge in [-0.1, -0.05) is 29.8 Å². The molecule has 0 unspecified atom stereocenters. The first kappa shape index (κ1) is 11.8. The SMILES string of the molecule is Cc1c(Cl)ncnc1Oc1ccccc1CO. The molecule has 0 aliphatic heterocycles. The third kappa shape index (κ3) is 2.54. The maximum absolute atomic E-state index is 9.18. The normalized spacial score (nSPS) is 10.3. The van der Waals surface area contributed by atoms with Crippen LogP contribution in [0.25, 0.3) is 0 Å². The molecule has 2 aromatic rings. The molecular weight excluding hydrogens is 240 g/mol. The molecule has 0 aliphatic carbocycles. The van der Waals surface area contributed by atoms with Crippen LogP contribution in [0.3, 0.4) is 0 Å². The standard InChI is InChI=1S/C12H11ClN2O2/c1-8-11(13)14-7-15-12(8)17-10-5-3-2-4-9(10)6-16/h2-5,7,16H,6H2,1H3. The highest BCUT2D eigenvalue weighted by Gasteiger charge is 2.09. The van der Waals surface area contributed by atoms with Crippen LogP contribution in [0, 0.1) is 6.92 Å². The number of aromatic nitrogens is 2. The highest BCUT2D eigenvalue weighted by atomic mass is 35.5. The topological polar surface area (TPSA) is 55.2 Å². The molecule has 0 fully saturated rings. The van der Waals surface area contributed by atoms with E-state index in [1.807, 2.05) is 12.1 Å². The fourth-order valence-corrected chi connectivity index (χ4v) is 1.48. The summed E-state index contributed by atoms with van der Waals surface area (Å²) in [6.07, 6.45) is 1.34. The van der Waals surface area contributed by atoms with Gasteiger partial charge in [-0.05, 0) is 13.0 Å². The Morgan fingerprint density at radius 2 is 2.06 bits per heavy atom. The smallest absolute Gasteiger partial charge is 0.226 e. The number of aliphatic hydroxyl groups excluding tert-OH is 1. The summed E-state index contributed by atoms with van der Waals surface area (Å²) in [4.78, 5) is 7.86. The zero-order valence-electron chi connectivity index (χ0n) is 9.22. The molecule has 0 saturated heterocycles. The van der Waals surface area contributed by atoms with E-state index in [0.717, 1.165) is 0 Å². The number of aliphatic hydroxyl groups is 1. The summed E-state index contributed by atoms with van der Waals surface area (Å²) < 4.78 is 5.62. The summed E-state index contributed by atoms with van der Waals surface area (Å²) in [5.41, 5.74) is 1.36. The molecule has 0 amide bonds. The lowest BCUT2D eigenvalue weighted by Gasteiger charge is -2.10. The minimum absolute atomic E-state index is 0.0892. The Morgan fingerprint density at radius 1 is 1.29 bits per heavy atom. The molecule has 0 radical (unpaired) electrons. The maximum Gasteiger partial charge on any atom is 0.226 e. The molecule has 2 rings (SSSR count). The summed E-state index contributed by atoms with van der Waals surface area (Å²) in [5.74, 6) is 0.957. The average molecular weight is 251 g/mol. The van der Waals surface area contributed by atoms with Gasteiger partial charge in [0, 0.05) is 11.1 Å². The van der Waals surface area contributed by atoms with Crippen molar-refractivity contribution in [2.75, 3.05) is 0 Å². The molecule has 4 nitrogen and oxygen atoms in total. The largest absolute Gasteiger partial charge is 0.438 e. The van der Waals surface area contributed by atoms with E-state index >= 15 is 0 Å². The van der Waals surface area contributed by atoms with Crippen molar-refractivity contribution in [3.8, 4) is 11.6 Å². The highest BCUT2D eigenvalue weighted by molar-refractivity contribution is 6.30. The molecule has 0 spiro atoms. The van der Waals surface area contributed by atoms with Crippen molar-refractivity contribution < 1.29 is 9.84 Å². The van der Waals surface area contributed by atoms with Crippen molar-refractivity contribution in [2.24, 2.45) is 0 Å². The number of halogens is 1. The Bertz CT molecular complexity index is 532. The molecule has 1 N–H and O–H groups in total. The lowest BCUT2D eigenvalue weighted by molar-refractivity contribution is 0.276. The fraction of sp³-hybridized carbons (Fsp3) is 0.167. The number of nitrogens with zero attached hydrogens (tertiary/aromatic N) is 2. The first-order valence-electron chi connectivity index (χ1n) is 5.06. The van der Waals surface area contributed by atoms with Crippen molar-refractivity contribution >= 4 is 11.6 Å². The van der Waals surface area contributed by atoms with Crippen LogP contribution in [0.4, 0.5) is 0 Å². The van der Waals surface area contributed by atoms with Gasteiger partial charge in [0.2, 0.25) is 5.88 Å². The highest BCUT2D eigenvalue weighted by Crippen LogP contribution is 2.28. The van der Waals surface area contributed by atoms with Crippen LogP contribution in [0.5, 0.6) is 11.6 Å². The number of hydrogen-bond donors (Lipinski definition) is 1. The van der Waals surface area contributed by atoms with Gasteiger partial charge in [-0.15, -0.1) is 0 Å². The lowest BCUT2D eigenvalue weighted by Crippen LogP contribution is -1.96. The van der Waals surface area contributed by atoms with Gasteiger partial charge in [-0.2, -0.15) is 0 Å². The average Bonchev–Trinajstić information content (AvgIpc) is 2.35. The summed E-state index contributed by atoms with van der Waals surface area (Å²) in [6, 6.07) is 7.21. The Morgan fingerprint density at radius 3 is 2.82 bits per heavy atom. The quantitative estimate of drug-likeness (QED) is 0.851. The number of ether oxygens (including phenoxy) is 1. The second-order valence-corrected chi connectivity index (χ2v) is 3.82. The summed E-state index contributed by atoms with van der Waals surface area (Å²) >= 11 is 5.87. The van der Waals surface area contributed by atoms with Crippen LogP contribution in [0.1, 0.15) is 11.1 Å². The van der Waals surface area contributed by atoms with Gasteiger partial charge < -0.3 is 9.84 Å². The zero-order valence-corrected chi connectivity index (χ0v) is 9.98. The molecule has 88 valence electrons. The van der Waals surface area contributed by atoms with Crippen molar-refractivity contribution in [1.82, 2.24) is 9.97 Å². The van der Waals surface area contributed by atoms with Crippen LogP contribution in [-0.4, -0.2) is 15.1 Å². The van der Waals surface area contributed by atoms with Crippen LogP contribution >= 0.6 is 11.6 Å². The van der Waals surface area contributed by atoms with E-state index in [1.54, 1.807) is 19.1 Å². The van der Waals surface area contributed by atoms with Crippen molar-refractivity contribution in [3.63, 3.8) is 0 Å². The Balaban J connectivity index is 2.35. The monoisotopic (exact) mass is 250 g/mol. The van der Waals surface area contributed by atoms with Crippen LogP contribution in [0.2, 0.25) is 5.15 Å². The summed E-state index contributed by atoms with van der Waals surface area (Å²) in [5, 5.41) is 9.54. The van der Waals surface area contributed by atoms with E-state index in [9.17, 15) is 5.11 Å². The van der Waals surface area contributed by atoms with Gasteiger partial charge in [-0.25, -0.2) is 9.97 Å². The van der Waals surface area contributed by atoms with E-state index in [2.05, 4.69) is 9.97 Å². The molecular formula is C12H11ClN2O2. The first-order valence-corrected chi connectivity index (χ1v) is 5.44. The second-order valence-electron chi connectivity index (χ2n) is 3.46. The predicted molar refractivity (Wildman–Crippen MR) is 64.2 cm³/mol. The number of para-hydroxylation sites is 1. The molecule has 1 aromatic carbocycles. The molecule has 0 saturated carbocycles. The minimum Gasteiger partial charge on any atom is -0.438 e. The molecule has 0 bridgehead atoms. The van der Waals surface area contributed by atoms with Gasteiger partial charge in [0.25, 0.3) is 0 Å². The Kier molecular flexibility index (Phi) is 3.56. The molecule has 1 aromatic heterocycles. The van der Waals surface area contributed by atoms with E-state index in [-0.39, 0.29) is 6.61 Å². The maximum atomic E-state index is 9.18. The van der Waals surface area contributed by atoms with Gasteiger partial charge in [0.1, 0.15) is 17.2 Å². The first-order chi connectivity index (χ1) is 8.22. The van der Waals surface area contributed by atoms with E-state index < -0.39 is 0 Å². The molecule has 17 heavy (non-hydrogen) atoms. The van der Waals surface area contributed by atoms with Crippen molar-refractivity contribution in [1.29, 1.82) is 0 Å². The molecule has 0 aliphatic rings. The zero-order chi connectivity index (χ0) is 12.3. The van der Waals surface area contributed by atoms with E-state index in [1.165, 1.54) is 6.33 Å². The predicted octanol–water partition coefficient (Wildman–Crippen LogP) is 2.72. The van der Waals surface area contributed by atoms with Crippen molar-refractivity contribution in [2.45, 2.75) is 13.5 Å². The molecule has 5 heteroatoms. The van der Waals surface area contributed by atoms with Gasteiger partial charge in [0.05, 0.1) is 6.61 Å². The third-order valence-electron chi connectivity index (χ3n) is 2.33. The number of rotatable bonds is 3.